The van der Waals surface area contributed by atoms with Gasteiger partial charge >= 0.3 is 0 Å². The molecule has 0 fully saturated rings. The molecule has 0 amide bonds. The van der Waals surface area contributed by atoms with Crippen LogP contribution in [0.25, 0.3) is 77.2 Å². The normalized spacial score (nSPS) is 12.9. The van der Waals surface area contributed by atoms with E-state index in [1.54, 1.807) is 0 Å². The molecule has 2 heteroatoms. The van der Waals surface area contributed by atoms with Crippen LogP contribution in [-0.2, 0) is 5.41 Å². The lowest BCUT2D eigenvalue weighted by molar-refractivity contribution is 0.662. The molecule has 0 spiro atoms. The molecule has 11 rings (SSSR count). The second-order valence-corrected chi connectivity index (χ2v) is 15.7. The van der Waals surface area contributed by atoms with Gasteiger partial charge in [-0.2, -0.15) is 0 Å². The number of fused-ring (bicyclic) bond motifs is 7. The fourth-order valence-corrected chi connectivity index (χ4v) is 9.41. The van der Waals surface area contributed by atoms with Crippen LogP contribution < -0.4 is 4.90 Å². The van der Waals surface area contributed by atoms with Crippen LogP contribution >= 0.6 is 0 Å². The summed E-state index contributed by atoms with van der Waals surface area (Å²) < 4.78 is 6.81. The van der Waals surface area contributed by atoms with Gasteiger partial charge in [-0.3, -0.25) is 0 Å². The second-order valence-electron chi connectivity index (χ2n) is 15.7. The zero-order valence-electron chi connectivity index (χ0n) is 31.9. The van der Waals surface area contributed by atoms with Crippen LogP contribution in [0.15, 0.2) is 205 Å². The molecule has 0 saturated carbocycles. The largest absolute Gasteiger partial charge is 0.455 e. The molecule has 57 heavy (non-hydrogen) atoms. The predicted octanol–water partition coefficient (Wildman–Crippen LogP) is 15.5. The Morgan fingerprint density at radius 3 is 1.75 bits per heavy atom. The van der Waals surface area contributed by atoms with E-state index >= 15 is 0 Å². The Hall–Kier alpha value is -7.16. The van der Waals surface area contributed by atoms with Crippen molar-refractivity contribution in [3.63, 3.8) is 0 Å². The van der Waals surface area contributed by atoms with Crippen molar-refractivity contribution in [2.45, 2.75) is 19.3 Å². The molecule has 1 aliphatic rings. The van der Waals surface area contributed by atoms with Gasteiger partial charge in [0.25, 0.3) is 0 Å². The van der Waals surface area contributed by atoms with Gasteiger partial charge in [0.15, 0.2) is 0 Å². The van der Waals surface area contributed by atoms with Crippen molar-refractivity contribution in [1.29, 1.82) is 0 Å². The molecule has 1 heterocycles. The van der Waals surface area contributed by atoms with E-state index in [1.807, 2.05) is 0 Å². The van der Waals surface area contributed by atoms with Gasteiger partial charge in [0, 0.05) is 38.6 Å². The van der Waals surface area contributed by atoms with Gasteiger partial charge in [-0.1, -0.05) is 178 Å². The number of benzene rings is 9. The van der Waals surface area contributed by atoms with E-state index in [-0.39, 0.29) is 5.41 Å². The van der Waals surface area contributed by atoms with Crippen LogP contribution in [0.5, 0.6) is 0 Å². The molecule has 0 atom stereocenters. The molecule has 0 bridgehead atoms. The van der Waals surface area contributed by atoms with Crippen LogP contribution in [0.3, 0.4) is 0 Å². The van der Waals surface area contributed by atoms with Crippen LogP contribution in [0.1, 0.15) is 25.0 Å². The minimum atomic E-state index is -0.106. The third kappa shape index (κ3) is 5.25. The first-order valence-corrected chi connectivity index (χ1v) is 19.8. The average Bonchev–Trinajstić information content (AvgIpc) is 3.75. The third-order valence-corrected chi connectivity index (χ3v) is 12.0. The Bertz CT molecular complexity index is 3150. The molecule has 270 valence electrons. The number of hydrogen-bond donors (Lipinski definition) is 0. The molecule has 1 aromatic heterocycles. The molecule has 0 saturated heterocycles. The SMILES string of the molecule is CC1(C)c2ccccc2-c2cccc(-c3ccc(N(c4ccccc4-c4ccccc4)c4ccccc4-c4cccc5c4oc4cc6ccccc6cc45)cc3)c21. The molecule has 9 aromatic carbocycles. The summed E-state index contributed by atoms with van der Waals surface area (Å²) in [5.74, 6) is 0. The summed E-state index contributed by atoms with van der Waals surface area (Å²) in [5, 5.41) is 4.62. The summed E-state index contributed by atoms with van der Waals surface area (Å²) >= 11 is 0. The van der Waals surface area contributed by atoms with Crippen LogP contribution in [0.4, 0.5) is 17.1 Å². The molecular weight excluding hydrogens is 691 g/mol. The van der Waals surface area contributed by atoms with Crippen molar-refractivity contribution < 1.29 is 4.42 Å². The Morgan fingerprint density at radius 2 is 0.965 bits per heavy atom. The van der Waals surface area contributed by atoms with E-state index < -0.39 is 0 Å². The molecule has 1 aliphatic carbocycles. The van der Waals surface area contributed by atoms with Crippen LogP contribution in [0.2, 0.25) is 0 Å². The van der Waals surface area contributed by atoms with Gasteiger partial charge < -0.3 is 9.32 Å². The molecule has 10 aromatic rings. The minimum absolute atomic E-state index is 0.106. The highest BCUT2D eigenvalue weighted by Crippen LogP contribution is 2.53. The summed E-state index contributed by atoms with van der Waals surface area (Å²) in [4.78, 5) is 2.42. The predicted molar refractivity (Wildman–Crippen MR) is 240 cm³/mol. The fraction of sp³-hybridized carbons (Fsp3) is 0.0545. The number of nitrogens with zero attached hydrogens (tertiary/aromatic N) is 1. The fourth-order valence-electron chi connectivity index (χ4n) is 9.41. The van der Waals surface area contributed by atoms with Gasteiger partial charge in [0.1, 0.15) is 11.2 Å². The zero-order valence-corrected chi connectivity index (χ0v) is 31.9. The van der Waals surface area contributed by atoms with Crippen molar-refractivity contribution in [1.82, 2.24) is 0 Å². The molecule has 0 unspecified atom stereocenters. The van der Waals surface area contributed by atoms with Gasteiger partial charge in [0.2, 0.25) is 0 Å². The summed E-state index contributed by atoms with van der Waals surface area (Å²) in [6, 6.07) is 72.5. The van der Waals surface area contributed by atoms with Crippen molar-refractivity contribution in [3.8, 4) is 44.5 Å². The molecule has 0 N–H and O–H groups in total. The smallest absolute Gasteiger partial charge is 0.143 e. The van der Waals surface area contributed by atoms with E-state index in [0.29, 0.717) is 0 Å². The lowest BCUT2D eigenvalue weighted by Crippen LogP contribution is -2.16. The van der Waals surface area contributed by atoms with Gasteiger partial charge in [0.05, 0.1) is 11.4 Å². The molecule has 0 radical (unpaired) electrons. The average molecular weight is 730 g/mol. The Balaban J connectivity index is 1.10. The first-order valence-electron chi connectivity index (χ1n) is 19.8. The number of para-hydroxylation sites is 3. The van der Waals surface area contributed by atoms with E-state index in [2.05, 4.69) is 219 Å². The zero-order chi connectivity index (χ0) is 38.1. The van der Waals surface area contributed by atoms with Crippen molar-refractivity contribution in [2.75, 3.05) is 4.90 Å². The molecule has 0 aliphatic heterocycles. The monoisotopic (exact) mass is 729 g/mol. The maximum absolute atomic E-state index is 6.81. The van der Waals surface area contributed by atoms with Crippen molar-refractivity contribution >= 4 is 49.8 Å². The van der Waals surface area contributed by atoms with Crippen molar-refractivity contribution in [2.24, 2.45) is 0 Å². The highest BCUT2D eigenvalue weighted by Gasteiger charge is 2.37. The summed E-state index contributed by atoms with van der Waals surface area (Å²) in [7, 11) is 0. The highest BCUT2D eigenvalue weighted by atomic mass is 16.3. The quantitative estimate of drug-likeness (QED) is 0.169. The standard InChI is InChI=1S/C55H39NO/c1-55(2)49-27-11-8-21-43(49)45-24-14-23-42(53(45)55)37-30-32-40(33-31-37)56(50-28-12-9-20-41(50)36-16-4-3-5-17-36)51-29-13-10-22-44(51)46-25-15-26-47-48-34-38-18-6-7-19-39(38)35-52(48)57-54(46)47/h3-35H,1-2H3. The van der Waals surface area contributed by atoms with Gasteiger partial charge in [-0.05, 0) is 86.1 Å². The second kappa shape index (κ2) is 13.0. The number of furan rings is 1. The Morgan fingerprint density at radius 1 is 0.404 bits per heavy atom. The number of hydrogen-bond acceptors (Lipinski definition) is 2. The summed E-state index contributed by atoms with van der Waals surface area (Å²) in [6.07, 6.45) is 0. The summed E-state index contributed by atoms with van der Waals surface area (Å²) in [5.41, 5.74) is 17.3. The lowest BCUT2D eigenvalue weighted by Gasteiger charge is -2.30. The molecule has 2 nitrogen and oxygen atoms in total. The first-order chi connectivity index (χ1) is 28.0. The maximum Gasteiger partial charge on any atom is 0.143 e. The van der Waals surface area contributed by atoms with Crippen molar-refractivity contribution in [3.05, 3.63) is 211 Å². The molecular formula is C55H39NO. The van der Waals surface area contributed by atoms with Crippen LogP contribution in [-0.4, -0.2) is 0 Å². The Labute approximate surface area is 332 Å². The van der Waals surface area contributed by atoms with Crippen LogP contribution in [0, 0.1) is 0 Å². The van der Waals surface area contributed by atoms with E-state index in [0.717, 1.165) is 55.7 Å². The lowest BCUT2D eigenvalue weighted by atomic mass is 9.79. The van der Waals surface area contributed by atoms with E-state index in [1.165, 1.54) is 49.7 Å². The minimum Gasteiger partial charge on any atom is -0.455 e. The number of anilines is 3. The third-order valence-electron chi connectivity index (χ3n) is 12.0. The van der Waals surface area contributed by atoms with Gasteiger partial charge in [-0.25, -0.2) is 0 Å². The number of rotatable bonds is 6. The summed E-state index contributed by atoms with van der Waals surface area (Å²) in [6.45, 7) is 4.72. The highest BCUT2D eigenvalue weighted by molar-refractivity contribution is 6.14. The van der Waals surface area contributed by atoms with E-state index in [9.17, 15) is 0 Å². The van der Waals surface area contributed by atoms with E-state index in [4.69, 9.17) is 4.42 Å². The van der Waals surface area contributed by atoms with Gasteiger partial charge in [-0.15, -0.1) is 0 Å². The Kier molecular flexibility index (Phi) is 7.55. The topological polar surface area (TPSA) is 16.4 Å². The first kappa shape index (κ1) is 33.2. The maximum atomic E-state index is 6.81.